The summed E-state index contributed by atoms with van der Waals surface area (Å²) in [4.78, 5) is 17.9. The molecule has 22 heavy (non-hydrogen) atoms. The van der Waals surface area contributed by atoms with Crippen LogP contribution in [0.25, 0.3) is 0 Å². The normalized spacial score (nSPS) is 25.2. The Morgan fingerprint density at radius 1 is 1.50 bits per heavy atom. The molecule has 1 aliphatic rings. The Balaban J connectivity index is 1.79. The van der Waals surface area contributed by atoms with Crippen LogP contribution in [-0.4, -0.2) is 71.1 Å². The first-order valence-corrected chi connectivity index (χ1v) is 7.37. The van der Waals surface area contributed by atoms with Gasteiger partial charge in [0.2, 0.25) is 5.91 Å². The maximum Gasteiger partial charge on any atom is 0.234 e. The molecule has 0 radical (unpaired) electrons. The average molecular weight is 309 g/mol. The number of aliphatic hydroxyl groups excluding tert-OH is 2. The zero-order valence-corrected chi connectivity index (χ0v) is 12.7. The highest BCUT2D eigenvalue weighted by Crippen LogP contribution is 2.14. The van der Waals surface area contributed by atoms with E-state index in [9.17, 15) is 9.90 Å². The smallest absolute Gasteiger partial charge is 0.234 e. The Hall–Kier alpha value is -1.54. The van der Waals surface area contributed by atoms with E-state index in [0.29, 0.717) is 19.6 Å². The monoisotopic (exact) mass is 309 g/mol. The van der Waals surface area contributed by atoms with E-state index in [1.807, 2.05) is 24.1 Å². The van der Waals surface area contributed by atoms with Crippen LogP contribution < -0.4 is 5.32 Å². The minimum absolute atomic E-state index is 0.154. The molecule has 1 amide bonds. The lowest BCUT2D eigenvalue weighted by Gasteiger charge is -2.34. The number of hydrogen-bond acceptors (Lipinski definition) is 6. The Kier molecular flexibility index (Phi) is 6.26. The van der Waals surface area contributed by atoms with Crippen molar-refractivity contribution in [3.63, 3.8) is 0 Å². The average Bonchev–Trinajstić information content (AvgIpc) is 2.50. The van der Waals surface area contributed by atoms with Crippen molar-refractivity contribution in [2.45, 2.75) is 31.2 Å². The predicted octanol–water partition coefficient (Wildman–Crippen LogP) is -0.860. The zero-order chi connectivity index (χ0) is 15.9. The molecule has 0 aliphatic carbocycles. The Morgan fingerprint density at radius 2 is 2.23 bits per heavy atom. The van der Waals surface area contributed by atoms with Gasteiger partial charge in [-0.1, -0.05) is 0 Å². The van der Waals surface area contributed by atoms with Crippen LogP contribution in [0.1, 0.15) is 12.0 Å². The van der Waals surface area contributed by atoms with E-state index in [4.69, 9.17) is 9.84 Å². The highest BCUT2D eigenvalue weighted by atomic mass is 16.5. The van der Waals surface area contributed by atoms with E-state index in [2.05, 4.69) is 10.3 Å². The quantitative estimate of drug-likeness (QED) is 0.633. The number of pyridine rings is 1. The molecule has 1 saturated heterocycles. The molecule has 2 rings (SSSR count). The van der Waals surface area contributed by atoms with Crippen molar-refractivity contribution in [3.05, 3.63) is 30.1 Å². The van der Waals surface area contributed by atoms with Gasteiger partial charge in [0.25, 0.3) is 0 Å². The number of amides is 1. The number of carbonyl (C=O) groups excluding carboxylic acids is 1. The first-order chi connectivity index (χ1) is 10.6. The summed E-state index contributed by atoms with van der Waals surface area (Å²) in [6.07, 6.45) is 2.46. The largest absolute Gasteiger partial charge is 0.394 e. The summed E-state index contributed by atoms with van der Waals surface area (Å²) in [6, 6.07) is 3.43. The van der Waals surface area contributed by atoms with Gasteiger partial charge in [-0.2, -0.15) is 0 Å². The van der Waals surface area contributed by atoms with Gasteiger partial charge >= 0.3 is 0 Å². The highest BCUT2D eigenvalue weighted by molar-refractivity contribution is 5.78. The molecule has 0 saturated carbocycles. The molecule has 0 bridgehead atoms. The van der Waals surface area contributed by atoms with Gasteiger partial charge in [-0.15, -0.1) is 0 Å². The molecule has 1 fully saturated rings. The van der Waals surface area contributed by atoms with Gasteiger partial charge in [-0.05, 0) is 31.2 Å². The summed E-state index contributed by atoms with van der Waals surface area (Å²) in [6.45, 7) is 1.04. The number of nitrogens with one attached hydrogen (secondary N) is 1. The number of rotatable bonds is 6. The Morgan fingerprint density at radius 3 is 2.91 bits per heavy atom. The van der Waals surface area contributed by atoms with Gasteiger partial charge in [0.05, 0.1) is 19.2 Å². The van der Waals surface area contributed by atoms with Crippen molar-refractivity contribution >= 4 is 5.91 Å². The Bertz CT molecular complexity index is 471. The summed E-state index contributed by atoms with van der Waals surface area (Å²) < 4.78 is 5.24. The van der Waals surface area contributed by atoms with Crippen LogP contribution in [0.2, 0.25) is 0 Å². The fourth-order valence-corrected chi connectivity index (χ4v) is 2.55. The molecule has 1 aliphatic heterocycles. The summed E-state index contributed by atoms with van der Waals surface area (Å²) in [5, 5.41) is 22.0. The van der Waals surface area contributed by atoms with Crippen molar-refractivity contribution in [2.24, 2.45) is 0 Å². The van der Waals surface area contributed by atoms with Crippen LogP contribution in [-0.2, 0) is 16.1 Å². The first kappa shape index (κ1) is 16.8. The number of aromatic nitrogens is 1. The molecule has 0 aromatic carbocycles. The first-order valence-electron chi connectivity index (χ1n) is 7.37. The Labute approximate surface area is 129 Å². The molecule has 122 valence electrons. The van der Waals surface area contributed by atoms with Gasteiger partial charge in [-0.25, -0.2) is 0 Å². The number of likely N-dealkylation sites (N-methyl/N-ethyl adjacent to an activating group) is 1. The third-order valence-corrected chi connectivity index (χ3v) is 3.70. The second kappa shape index (κ2) is 8.19. The van der Waals surface area contributed by atoms with Gasteiger partial charge < -0.3 is 20.3 Å². The fraction of sp³-hybridized carbons (Fsp3) is 0.600. The number of hydrogen-bond donors (Lipinski definition) is 3. The highest BCUT2D eigenvalue weighted by Gasteiger charge is 2.33. The van der Waals surface area contributed by atoms with E-state index < -0.39 is 12.2 Å². The molecule has 0 unspecified atom stereocenters. The third-order valence-electron chi connectivity index (χ3n) is 3.70. The van der Waals surface area contributed by atoms with E-state index in [-0.39, 0.29) is 25.1 Å². The van der Waals surface area contributed by atoms with Crippen molar-refractivity contribution < 1.29 is 19.7 Å². The minimum Gasteiger partial charge on any atom is -0.394 e. The summed E-state index contributed by atoms with van der Waals surface area (Å²) in [5.41, 5.74) is 1.08. The molecule has 7 nitrogen and oxygen atoms in total. The lowest BCUT2D eigenvalue weighted by molar-refractivity contribution is -0.132. The molecular weight excluding hydrogens is 286 g/mol. The standard InChI is InChI=1S/C15H23N3O4/c1-18(8-11-2-5-16-6-3-11)9-14(20)17-12-4-7-22-13(10-19)15(12)21/h2-3,5-6,12-13,15,19,21H,4,7-10H2,1H3,(H,17,20)/t12-,13+,15-/m0/s1. The maximum atomic E-state index is 12.1. The zero-order valence-electron chi connectivity index (χ0n) is 12.7. The summed E-state index contributed by atoms with van der Waals surface area (Å²) in [7, 11) is 1.86. The van der Waals surface area contributed by atoms with Crippen LogP contribution in [0, 0.1) is 0 Å². The van der Waals surface area contributed by atoms with Gasteiger partial charge in [0.15, 0.2) is 0 Å². The summed E-state index contributed by atoms with van der Waals surface area (Å²) in [5.74, 6) is -0.154. The van der Waals surface area contributed by atoms with Gasteiger partial charge in [0, 0.05) is 25.5 Å². The van der Waals surface area contributed by atoms with Crippen molar-refractivity contribution in [2.75, 3.05) is 26.8 Å². The lowest BCUT2D eigenvalue weighted by atomic mass is 10.00. The SMILES string of the molecule is CN(CC(=O)N[C@H]1CCO[C@H](CO)[C@H]1O)Cc1ccncc1. The molecule has 1 aromatic rings. The molecule has 1 aromatic heterocycles. The predicted molar refractivity (Wildman–Crippen MR) is 80.0 cm³/mol. The van der Waals surface area contributed by atoms with Crippen LogP contribution >= 0.6 is 0 Å². The van der Waals surface area contributed by atoms with Gasteiger partial charge in [-0.3, -0.25) is 14.7 Å². The number of nitrogens with zero attached hydrogens (tertiary/aromatic N) is 2. The third kappa shape index (κ3) is 4.74. The van der Waals surface area contributed by atoms with Crippen LogP contribution in [0.3, 0.4) is 0 Å². The van der Waals surface area contributed by atoms with Gasteiger partial charge in [0.1, 0.15) is 12.2 Å². The number of aliphatic hydroxyl groups is 2. The number of carbonyl (C=O) groups is 1. The molecule has 3 atom stereocenters. The lowest BCUT2D eigenvalue weighted by Crippen LogP contribution is -2.55. The molecule has 0 spiro atoms. The maximum absolute atomic E-state index is 12.1. The van der Waals surface area contributed by atoms with Crippen molar-refractivity contribution in [3.8, 4) is 0 Å². The topological polar surface area (TPSA) is 94.9 Å². The molecule has 7 heteroatoms. The second-order valence-electron chi connectivity index (χ2n) is 5.57. The van der Waals surface area contributed by atoms with E-state index in [1.165, 1.54) is 0 Å². The van der Waals surface area contributed by atoms with Crippen molar-refractivity contribution in [1.82, 2.24) is 15.2 Å². The number of ether oxygens (including phenoxy) is 1. The summed E-state index contributed by atoms with van der Waals surface area (Å²) >= 11 is 0. The van der Waals surface area contributed by atoms with Crippen LogP contribution in [0.15, 0.2) is 24.5 Å². The van der Waals surface area contributed by atoms with E-state index in [1.54, 1.807) is 12.4 Å². The second-order valence-corrected chi connectivity index (χ2v) is 5.57. The van der Waals surface area contributed by atoms with Crippen molar-refractivity contribution in [1.29, 1.82) is 0 Å². The molecule has 2 heterocycles. The van der Waals surface area contributed by atoms with E-state index in [0.717, 1.165) is 5.56 Å². The van der Waals surface area contributed by atoms with Crippen LogP contribution in [0.4, 0.5) is 0 Å². The molecular formula is C15H23N3O4. The minimum atomic E-state index is -0.881. The van der Waals surface area contributed by atoms with Crippen LogP contribution in [0.5, 0.6) is 0 Å². The fourth-order valence-electron chi connectivity index (χ4n) is 2.55. The molecule has 3 N–H and O–H groups in total. The van der Waals surface area contributed by atoms with E-state index >= 15 is 0 Å².